The first-order valence-corrected chi connectivity index (χ1v) is 17.3. The minimum absolute atomic E-state index is 0.0983. The van der Waals surface area contributed by atoms with Gasteiger partial charge in [0.25, 0.3) is 0 Å². The van der Waals surface area contributed by atoms with Crippen molar-refractivity contribution >= 4 is 10.0 Å². The second-order valence-electron chi connectivity index (χ2n) is 12.7. The quantitative estimate of drug-likeness (QED) is 0.377. The molecule has 2 aromatic carbocycles. The van der Waals surface area contributed by atoms with Crippen LogP contribution in [0.25, 0.3) is 0 Å². The van der Waals surface area contributed by atoms with Crippen molar-refractivity contribution < 1.29 is 27.4 Å². The number of nitrogens with one attached hydrogen (secondary N) is 1. The highest BCUT2D eigenvalue weighted by Crippen LogP contribution is 2.46. The molecule has 0 aliphatic carbocycles. The third kappa shape index (κ3) is 5.10. The third-order valence-electron chi connectivity index (χ3n) is 10.3. The summed E-state index contributed by atoms with van der Waals surface area (Å²) in [7, 11) is -3.80. The van der Waals surface area contributed by atoms with Crippen LogP contribution in [0.3, 0.4) is 0 Å². The van der Waals surface area contributed by atoms with E-state index in [1.807, 2.05) is 30.3 Å². The number of nitrogens with zero attached hydrogens (tertiary/aromatic N) is 4. The molecule has 5 aliphatic heterocycles. The highest BCUT2D eigenvalue weighted by molar-refractivity contribution is 7.89. The number of hydrogen-bond donors (Lipinski definition) is 1. The summed E-state index contributed by atoms with van der Waals surface area (Å²) in [4.78, 5) is 2.80. The van der Waals surface area contributed by atoms with Crippen LogP contribution in [0.1, 0.15) is 73.7 Å². The standard InChI is InChI=1S/C32H39N5O6S/c1-20-33-34-31(27-18-41-32-26(27)12-14-40-32)37(20)24-15-22-7-8-23(16-24)36(22)13-11-28(21-5-3-2-4-6-21)35-44(38,39)25-9-10-29-30(17-25)43-19-42-29/h2-6,9-10,17,22-24,26-28,32,35H,7-8,11-16,18-19H2,1H3/t22?,23?,24?,26-,27?,28-,32+/m0/s1. The summed E-state index contributed by atoms with van der Waals surface area (Å²) < 4.78 is 55.1. The Hall–Kier alpha value is -3.03. The average molecular weight is 622 g/mol. The van der Waals surface area contributed by atoms with Gasteiger partial charge in [-0.25, -0.2) is 13.1 Å². The average Bonchev–Trinajstić information content (AvgIpc) is 3.85. The predicted molar refractivity (Wildman–Crippen MR) is 160 cm³/mol. The number of fused-ring (bicyclic) bond motifs is 4. The lowest BCUT2D eigenvalue weighted by Crippen LogP contribution is -2.45. The lowest BCUT2D eigenvalue weighted by molar-refractivity contribution is -0.0905. The van der Waals surface area contributed by atoms with Crippen molar-refractivity contribution in [2.75, 3.05) is 26.6 Å². The summed E-state index contributed by atoms with van der Waals surface area (Å²) >= 11 is 0. The molecule has 0 radical (unpaired) electrons. The molecule has 6 heterocycles. The Labute approximate surface area is 257 Å². The lowest BCUT2D eigenvalue weighted by atomic mass is 9.91. The fraction of sp³-hybridized carbons (Fsp3) is 0.562. The van der Waals surface area contributed by atoms with E-state index in [4.69, 9.17) is 18.9 Å². The van der Waals surface area contributed by atoms with Crippen molar-refractivity contribution in [3.8, 4) is 11.5 Å². The molecule has 4 fully saturated rings. The van der Waals surface area contributed by atoms with Crippen LogP contribution in [0.4, 0.5) is 0 Å². The van der Waals surface area contributed by atoms with Crippen molar-refractivity contribution in [3.63, 3.8) is 0 Å². The van der Waals surface area contributed by atoms with Gasteiger partial charge in [-0.3, -0.25) is 4.90 Å². The van der Waals surface area contributed by atoms with Gasteiger partial charge in [0.05, 0.1) is 24.0 Å². The van der Waals surface area contributed by atoms with Crippen molar-refractivity contribution in [3.05, 3.63) is 65.7 Å². The second-order valence-corrected chi connectivity index (χ2v) is 14.5. The number of ether oxygens (including phenoxy) is 4. The van der Waals surface area contributed by atoms with Crippen LogP contribution in [0.15, 0.2) is 53.4 Å². The second kappa shape index (κ2) is 11.4. The molecular formula is C32H39N5O6S. The van der Waals surface area contributed by atoms with E-state index < -0.39 is 10.0 Å². The summed E-state index contributed by atoms with van der Waals surface area (Å²) in [5.74, 6) is 3.62. The molecule has 4 saturated heterocycles. The Morgan fingerprint density at radius 3 is 2.57 bits per heavy atom. The number of rotatable bonds is 9. The number of sulfonamides is 1. The Kier molecular flexibility index (Phi) is 7.37. The summed E-state index contributed by atoms with van der Waals surface area (Å²) in [5.41, 5.74) is 0.955. The molecule has 12 heteroatoms. The van der Waals surface area contributed by atoms with Gasteiger partial charge in [-0.15, -0.1) is 10.2 Å². The smallest absolute Gasteiger partial charge is 0.241 e. The zero-order valence-corrected chi connectivity index (χ0v) is 25.7. The van der Waals surface area contributed by atoms with Crippen molar-refractivity contribution in [2.45, 2.75) is 86.7 Å². The molecule has 234 valence electrons. The number of aromatic nitrogens is 3. The fourth-order valence-corrected chi connectivity index (χ4v) is 9.47. The predicted octanol–water partition coefficient (Wildman–Crippen LogP) is 4.07. The first-order valence-electron chi connectivity index (χ1n) is 15.8. The van der Waals surface area contributed by atoms with Gasteiger partial charge in [0.15, 0.2) is 17.8 Å². The molecule has 1 aromatic heterocycles. The monoisotopic (exact) mass is 621 g/mol. The molecule has 6 atom stereocenters. The van der Waals surface area contributed by atoms with Crippen LogP contribution in [-0.4, -0.2) is 73.0 Å². The first kappa shape index (κ1) is 28.4. The van der Waals surface area contributed by atoms with E-state index in [1.54, 1.807) is 12.1 Å². The molecule has 5 aliphatic rings. The molecule has 0 spiro atoms. The molecule has 3 aromatic rings. The van der Waals surface area contributed by atoms with Crippen molar-refractivity contribution in [2.24, 2.45) is 5.92 Å². The van der Waals surface area contributed by atoms with E-state index in [1.165, 1.54) is 6.07 Å². The lowest BCUT2D eigenvalue weighted by Gasteiger charge is -2.40. The minimum atomic E-state index is -3.80. The number of aryl methyl sites for hydroxylation is 1. The maximum atomic E-state index is 13.6. The van der Waals surface area contributed by atoms with E-state index >= 15 is 0 Å². The Morgan fingerprint density at radius 1 is 0.955 bits per heavy atom. The van der Waals surface area contributed by atoms with Crippen LogP contribution >= 0.6 is 0 Å². The number of benzene rings is 2. The Balaban J connectivity index is 0.979. The van der Waals surface area contributed by atoms with Gasteiger partial charge < -0.3 is 23.5 Å². The Bertz CT molecular complexity index is 1600. The normalized spacial score (nSPS) is 30.1. The first-order chi connectivity index (χ1) is 21.4. The summed E-state index contributed by atoms with van der Waals surface area (Å²) in [5, 5.41) is 9.21. The van der Waals surface area contributed by atoms with Crippen LogP contribution < -0.4 is 14.2 Å². The van der Waals surface area contributed by atoms with E-state index in [-0.39, 0.29) is 29.9 Å². The highest BCUT2D eigenvalue weighted by atomic mass is 32.2. The van der Waals surface area contributed by atoms with E-state index in [2.05, 4.69) is 31.3 Å². The Morgan fingerprint density at radius 2 is 1.75 bits per heavy atom. The zero-order valence-electron chi connectivity index (χ0n) is 24.9. The van der Waals surface area contributed by atoms with Gasteiger partial charge in [-0.2, -0.15) is 0 Å². The van der Waals surface area contributed by atoms with Gasteiger partial charge in [-0.05, 0) is 63.1 Å². The van der Waals surface area contributed by atoms with Crippen LogP contribution in [0, 0.1) is 12.8 Å². The number of hydrogen-bond acceptors (Lipinski definition) is 9. The summed E-state index contributed by atoms with van der Waals surface area (Å²) in [6, 6.07) is 15.5. The molecule has 8 rings (SSSR count). The maximum absolute atomic E-state index is 13.6. The minimum Gasteiger partial charge on any atom is -0.454 e. The van der Waals surface area contributed by atoms with Crippen molar-refractivity contribution in [1.29, 1.82) is 0 Å². The molecular weight excluding hydrogens is 582 g/mol. The molecule has 3 unspecified atom stereocenters. The van der Waals surface area contributed by atoms with Gasteiger partial charge in [0.2, 0.25) is 16.8 Å². The zero-order chi connectivity index (χ0) is 29.8. The highest BCUT2D eigenvalue weighted by Gasteiger charge is 2.47. The van der Waals surface area contributed by atoms with Gasteiger partial charge >= 0.3 is 0 Å². The molecule has 11 nitrogen and oxygen atoms in total. The molecule has 0 saturated carbocycles. The molecule has 2 bridgehead atoms. The summed E-state index contributed by atoms with van der Waals surface area (Å²) in [6.07, 6.45) is 5.96. The van der Waals surface area contributed by atoms with Crippen LogP contribution in [0.2, 0.25) is 0 Å². The largest absolute Gasteiger partial charge is 0.454 e. The van der Waals surface area contributed by atoms with Gasteiger partial charge in [0, 0.05) is 42.7 Å². The van der Waals surface area contributed by atoms with Gasteiger partial charge in [0.1, 0.15) is 11.6 Å². The van der Waals surface area contributed by atoms with E-state index in [0.29, 0.717) is 48.6 Å². The van der Waals surface area contributed by atoms with Crippen LogP contribution in [-0.2, 0) is 19.5 Å². The van der Waals surface area contributed by atoms with Crippen molar-refractivity contribution in [1.82, 2.24) is 24.4 Å². The fourth-order valence-electron chi connectivity index (χ4n) is 8.20. The SMILES string of the molecule is Cc1nnc(C2CO[C@H]3OCC[C@@H]23)n1C1CC2CCC(C1)N2CC[C@H](NS(=O)(=O)c1ccc2c(c1)OCO2)c1ccccc1. The van der Waals surface area contributed by atoms with E-state index in [9.17, 15) is 8.42 Å². The van der Waals surface area contributed by atoms with Crippen LogP contribution in [0.5, 0.6) is 11.5 Å². The maximum Gasteiger partial charge on any atom is 0.241 e. The third-order valence-corrected chi connectivity index (χ3v) is 11.8. The molecule has 44 heavy (non-hydrogen) atoms. The number of piperidine rings is 1. The summed E-state index contributed by atoms with van der Waals surface area (Å²) in [6.45, 7) is 4.37. The van der Waals surface area contributed by atoms with Gasteiger partial charge in [-0.1, -0.05) is 30.3 Å². The van der Waals surface area contributed by atoms with E-state index in [0.717, 1.165) is 62.5 Å². The molecule has 0 amide bonds. The molecule has 1 N–H and O–H groups in total. The topological polar surface area (TPSA) is 117 Å².